The lowest BCUT2D eigenvalue weighted by Gasteiger charge is -2.15. The number of hydrogen-bond donors (Lipinski definition) is 3. The van der Waals surface area contributed by atoms with Gasteiger partial charge in [0, 0.05) is 19.8 Å². The third-order valence-electron chi connectivity index (χ3n) is 5.82. The molecule has 5 atom stereocenters. The fourth-order valence-electron chi connectivity index (χ4n) is 2.77. The van der Waals surface area contributed by atoms with Crippen molar-refractivity contribution in [1.82, 2.24) is 5.32 Å². The van der Waals surface area contributed by atoms with Gasteiger partial charge in [-0.05, 0) is 38.1 Å². The largest absolute Gasteiger partial charge is 0.412 e. The van der Waals surface area contributed by atoms with Crippen LogP contribution in [0.5, 0.6) is 0 Å². The minimum Gasteiger partial charge on any atom is -0.412 e. The third-order valence-corrected chi connectivity index (χ3v) is 5.82. The van der Waals surface area contributed by atoms with Crippen LogP contribution in [0.2, 0.25) is 0 Å². The van der Waals surface area contributed by atoms with Crippen molar-refractivity contribution in [3.8, 4) is 0 Å². The summed E-state index contributed by atoms with van der Waals surface area (Å²) in [5.74, 6) is 1.34. The summed E-state index contributed by atoms with van der Waals surface area (Å²) in [5.41, 5.74) is 0. The van der Waals surface area contributed by atoms with Crippen molar-refractivity contribution in [3.63, 3.8) is 0 Å². The van der Waals surface area contributed by atoms with Crippen LogP contribution in [-0.2, 0) is 33.2 Å². The Morgan fingerprint density at radius 1 is 0.725 bits per heavy atom. The Morgan fingerprint density at radius 3 is 1.62 bits per heavy atom. The molecule has 0 saturated carbocycles. The monoisotopic (exact) mass is 585 g/mol. The second kappa shape index (κ2) is 30.0. The predicted octanol–water partition coefficient (Wildman–Crippen LogP) is 1.85. The van der Waals surface area contributed by atoms with Gasteiger partial charge in [0.1, 0.15) is 12.2 Å². The van der Waals surface area contributed by atoms with E-state index in [4.69, 9.17) is 33.2 Å². The summed E-state index contributed by atoms with van der Waals surface area (Å²) in [6.45, 7) is 21.5. The average molecular weight is 586 g/mol. The molecule has 0 amide bonds. The highest BCUT2D eigenvalue weighted by atomic mass is 16.6. The second-order valence-corrected chi connectivity index (χ2v) is 10.5. The van der Waals surface area contributed by atoms with Crippen LogP contribution in [0.1, 0.15) is 60.8 Å². The maximum atomic E-state index is 9.81. The van der Waals surface area contributed by atoms with E-state index in [1.165, 1.54) is 6.42 Å². The van der Waals surface area contributed by atoms with Crippen LogP contribution in [-0.4, -0.2) is 132 Å². The first-order chi connectivity index (χ1) is 18.8. The summed E-state index contributed by atoms with van der Waals surface area (Å²) in [7, 11) is 0. The summed E-state index contributed by atoms with van der Waals surface area (Å²) in [6.07, 6.45) is 2.74. The minimum absolute atomic E-state index is 0. The van der Waals surface area contributed by atoms with Crippen molar-refractivity contribution >= 4 is 0 Å². The van der Waals surface area contributed by atoms with Crippen LogP contribution in [0.3, 0.4) is 0 Å². The van der Waals surface area contributed by atoms with Gasteiger partial charge in [0.2, 0.25) is 0 Å². The van der Waals surface area contributed by atoms with E-state index in [0.29, 0.717) is 77.5 Å². The molecule has 2 saturated heterocycles. The summed E-state index contributed by atoms with van der Waals surface area (Å²) < 4.78 is 36.5. The fraction of sp³-hybridized carbons (Fsp3) is 1.00. The molecule has 0 radical (unpaired) electrons. The van der Waals surface area contributed by atoms with Crippen molar-refractivity contribution in [1.29, 1.82) is 0 Å². The first-order valence-electron chi connectivity index (χ1n) is 15.0. The van der Waals surface area contributed by atoms with E-state index in [0.717, 1.165) is 51.7 Å². The van der Waals surface area contributed by atoms with Gasteiger partial charge >= 0.3 is 0 Å². The van der Waals surface area contributed by atoms with Gasteiger partial charge in [-0.2, -0.15) is 0 Å². The van der Waals surface area contributed by atoms with Gasteiger partial charge in [-0.15, -0.1) is 0 Å². The molecule has 2 rings (SSSR count). The third kappa shape index (κ3) is 33.8. The Kier molecular flexibility index (Phi) is 31.3. The molecule has 244 valence electrons. The molecule has 2 aliphatic heterocycles. The Labute approximate surface area is 243 Å². The molecule has 11 heteroatoms. The lowest BCUT2D eigenvalue weighted by Crippen LogP contribution is -2.30. The number of nitrogens with one attached hydrogen (secondary N) is 1. The van der Waals surface area contributed by atoms with E-state index in [9.17, 15) is 10.2 Å². The zero-order valence-electron chi connectivity index (χ0n) is 26.2. The molecule has 5 N–H and O–H groups in total. The van der Waals surface area contributed by atoms with E-state index in [1.807, 2.05) is 13.8 Å². The number of epoxide rings is 2. The van der Waals surface area contributed by atoms with E-state index < -0.39 is 12.2 Å². The Morgan fingerprint density at radius 2 is 1.20 bits per heavy atom. The zero-order valence-corrected chi connectivity index (χ0v) is 26.2. The van der Waals surface area contributed by atoms with Crippen LogP contribution in [0.25, 0.3) is 0 Å². The summed E-state index contributed by atoms with van der Waals surface area (Å²) in [5, 5.41) is 22.4. The van der Waals surface area contributed by atoms with Gasteiger partial charge < -0.3 is 54.2 Å². The molecule has 11 nitrogen and oxygen atoms in total. The normalized spacial score (nSPS) is 19.4. The summed E-state index contributed by atoms with van der Waals surface area (Å²) in [4.78, 5) is 0. The molecule has 5 unspecified atom stereocenters. The van der Waals surface area contributed by atoms with Gasteiger partial charge in [0.15, 0.2) is 0 Å². The zero-order chi connectivity index (χ0) is 29.1. The van der Waals surface area contributed by atoms with E-state index in [1.54, 1.807) is 0 Å². The smallest absolute Gasteiger partial charge is 0.104 e. The quantitative estimate of drug-likeness (QED) is 0.113. The molecule has 0 spiro atoms. The maximum Gasteiger partial charge on any atom is 0.104 e. The number of likely N-dealkylation sites (N-methyl/N-ethyl adjacent to an activating group) is 1. The summed E-state index contributed by atoms with van der Waals surface area (Å²) >= 11 is 0. The molecule has 0 aromatic rings. The molecule has 0 bridgehead atoms. The fourth-order valence-corrected chi connectivity index (χ4v) is 2.77. The number of aliphatic hydroxyl groups is 2. The average Bonchev–Trinajstić information content (AvgIpc) is 3.85. The van der Waals surface area contributed by atoms with Crippen LogP contribution in [0, 0.1) is 11.8 Å². The molecule has 0 aromatic carbocycles. The molecule has 40 heavy (non-hydrogen) atoms. The lowest BCUT2D eigenvalue weighted by molar-refractivity contribution is -0.0193. The number of hydrogen-bond acceptors (Lipinski definition) is 10. The van der Waals surface area contributed by atoms with Gasteiger partial charge in [-0.25, -0.2) is 0 Å². The Balaban J connectivity index is 0. The van der Waals surface area contributed by atoms with E-state index in [-0.39, 0.29) is 5.48 Å². The van der Waals surface area contributed by atoms with E-state index in [2.05, 4.69) is 33.0 Å². The standard InChI is InChI=1S/C16H35NO5.C8H14O4.C5H12.H2O/c1-4-17-10-16(19)13-22-9-8-21-12-15(18)7-6-14(3)11-20-5-2;1(9-3-7-5-11-7)2-10-4-8-6-12-8;1-4-5(2)3;/h14-19H,4-13H2,1-3H3;7-8H,1-6H2;5H,4H2,1-3H3;1H2. The number of aliphatic hydroxyl groups excluding tert-OH is 2. The minimum atomic E-state index is -0.489. The van der Waals surface area contributed by atoms with Crippen molar-refractivity contribution in [2.45, 2.75) is 85.2 Å². The summed E-state index contributed by atoms with van der Waals surface area (Å²) in [6, 6.07) is 0. The van der Waals surface area contributed by atoms with E-state index >= 15 is 0 Å². The Hall–Kier alpha value is -0.440. The molecule has 0 aromatic heterocycles. The number of ether oxygens (including phenoxy) is 7. The maximum absolute atomic E-state index is 9.81. The van der Waals surface area contributed by atoms with Crippen LogP contribution >= 0.6 is 0 Å². The van der Waals surface area contributed by atoms with Crippen molar-refractivity contribution < 1.29 is 48.8 Å². The molecular weight excluding hydrogens is 522 g/mol. The van der Waals surface area contributed by atoms with Crippen molar-refractivity contribution in [3.05, 3.63) is 0 Å². The van der Waals surface area contributed by atoms with Gasteiger partial charge in [-0.1, -0.05) is 41.0 Å². The predicted molar refractivity (Wildman–Crippen MR) is 157 cm³/mol. The Bertz CT molecular complexity index is 479. The van der Waals surface area contributed by atoms with Crippen LogP contribution in [0.4, 0.5) is 0 Å². The second-order valence-electron chi connectivity index (χ2n) is 10.5. The van der Waals surface area contributed by atoms with Crippen molar-refractivity contribution in [2.75, 3.05) is 92.4 Å². The van der Waals surface area contributed by atoms with Crippen LogP contribution in [0.15, 0.2) is 0 Å². The molecule has 2 aliphatic rings. The van der Waals surface area contributed by atoms with Gasteiger partial charge in [0.25, 0.3) is 0 Å². The topological polar surface area (TPSA) is 155 Å². The highest BCUT2D eigenvalue weighted by Crippen LogP contribution is 2.10. The highest BCUT2D eigenvalue weighted by molar-refractivity contribution is 4.68. The van der Waals surface area contributed by atoms with Crippen molar-refractivity contribution in [2.24, 2.45) is 11.8 Å². The highest BCUT2D eigenvalue weighted by Gasteiger charge is 2.23. The van der Waals surface area contributed by atoms with Gasteiger partial charge in [-0.3, -0.25) is 0 Å². The molecule has 0 aliphatic carbocycles. The molecular formula is C29H63NO10. The number of rotatable bonds is 24. The van der Waals surface area contributed by atoms with Crippen LogP contribution < -0.4 is 5.32 Å². The van der Waals surface area contributed by atoms with Gasteiger partial charge in [0.05, 0.1) is 78.3 Å². The first kappa shape index (κ1) is 41.7. The SMILES string of the molecule is C(COCC1CO1)OCC1CO1.CCC(C)C.CCNCC(O)COCCOCC(O)CCC(C)COCC.O. The first-order valence-corrected chi connectivity index (χ1v) is 15.0. The molecule has 2 fully saturated rings. The lowest BCUT2D eigenvalue weighted by atomic mass is 10.0. The molecule has 2 heterocycles.